The zero-order valence-corrected chi connectivity index (χ0v) is 18.9. The van der Waals surface area contributed by atoms with Crippen molar-refractivity contribution < 1.29 is 9.47 Å². The molecular weight excluding hydrogens is 414 g/mol. The topological polar surface area (TPSA) is 61.4 Å². The molecule has 0 spiro atoms. The Morgan fingerprint density at radius 2 is 1.87 bits per heavy atom. The number of hydrogen-bond donors (Lipinski definition) is 2. The lowest BCUT2D eigenvalue weighted by Gasteiger charge is -2.35. The Bertz CT molecular complexity index is 928. The van der Waals surface area contributed by atoms with Gasteiger partial charge in [-0.1, -0.05) is 23.7 Å². The van der Waals surface area contributed by atoms with Crippen molar-refractivity contribution in [1.29, 1.82) is 0 Å². The Hall–Kier alpha value is -2.64. The zero-order chi connectivity index (χ0) is 21.6. The van der Waals surface area contributed by atoms with E-state index in [-0.39, 0.29) is 0 Å². The number of halogens is 1. The monoisotopic (exact) mass is 443 g/mol. The van der Waals surface area contributed by atoms with Crippen molar-refractivity contribution in [2.45, 2.75) is 13.0 Å². The third-order valence-corrected chi connectivity index (χ3v) is 6.09. The molecule has 2 aliphatic rings. The second-order valence-electron chi connectivity index (χ2n) is 7.82. The molecule has 0 amide bonds. The first-order chi connectivity index (χ1) is 15.1. The van der Waals surface area contributed by atoms with Gasteiger partial charge < -0.3 is 29.9 Å². The first-order valence-corrected chi connectivity index (χ1v) is 11.1. The highest BCUT2D eigenvalue weighted by molar-refractivity contribution is 6.31. The molecule has 0 bridgehead atoms. The van der Waals surface area contributed by atoms with Crippen molar-refractivity contribution in [1.82, 2.24) is 15.5 Å². The average molecular weight is 444 g/mol. The summed E-state index contributed by atoms with van der Waals surface area (Å²) in [5.74, 6) is 2.38. The summed E-state index contributed by atoms with van der Waals surface area (Å²) in [5.41, 5.74) is 3.49. The van der Waals surface area contributed by atoms with E-state index in [0.29, 0.717) is 13.3 Å². The summed E-state index contributed by atoms with van der Waals surface area (Å²) in [7, 11) is 3.95. The van der Waals surface area contributed by atoms with Gasteiger partial charge in [0.25, 0.3) is 0 Å². The number of nitrogens with one attached hydrogen (secondary N) is 2. The minimum atomic E-state index is 0.297. The normalized spacial score (nSPS) is 16.5. The maximum Gasteiger partial charge on any atom is 0.231 e. The van der Waals surface area contributed by atoms with Gasteiger partial charge in [0, 0.05) is 62.6 Å². The van der Waals surface area contributed by atoms with Gasteiger partial charge >= 0.3 is 0 Å². The van der Waals surface area contributed by atoms with Gasteiger partial charge in [0.1, 0.15) is 0 Å². The van der Waals surface area contributed by atoms with Gasteiger partial charge in [0.2, 0.25) is 6.79 Å². The highest BCUT2D eigenvalue weighted by atomic mass is 35.5. The van der Waals surface area contributed by atoms with E-state index in [9.17, 15) is 0 Å². The molecule has 1 fully saturated rings. The summed E-state index contributed by atoms with van der Waals surface area (Å²) < 4.78 is 10.8. The molecular formula is C23H30ClN5O2. The highest BCUT2D eigenvalue weighted by Crippen LogP contribution is 2.32. The minimum absolute atomic E-state index is 0.297. The summed E-state index contributed by atoms with van der Waals surface area (Å²) >= 11 is 6.58. The van der Waals surface area contributed by atoms with Gasteiger partial charge in [-0.3, -0.25) is 4.99 Å². The van der Waals surface area contributed by atoms with Gasteiger partial charge in [0.05, 0.1) is 0 Å². The van der Waals surface area contributed by atoms with Gasteiger partial charge in [0.15, 0.2) is 17.5 Å². The Labute approximate surface area is 189 Å². The molecule has 7 nitrogen and oxygen atoms in total. The van der Waals surface area contributed by atoms with E-state index in [1.807, 2.05) is 24.3 Å². The number of hydrogen-bond acceptors (Lipinski definition) is 5. The fourth-order valence-corrected chi connectivity index (χ4v) is 4.12. The van der Waals surface area contributed by atoms with Crippen LogP contribution in [0.5, 0.6) is 11.5 Å². The third-order valence-electron chi connectivity index (χ3n) is 5.74. The number of aliphatic imine (C=N–C) groups is 1. The summed E-state index contributed by atoms with van der Waals surface area (Å²) in [6.45, 7) is 5.80. The van der Waals surface area contributed by atoms with E-state index >= 15 is 0 Å². The molecule has 0 unspecified atom stereocenters. The number of nitrogens with zero attached hydrogens (tertiary/aromatic N) is 3. The molecule has 8 heteroatoms. The van der Waals surface area contributed by atoms with Gasteiger partial charge in [-0.15, -0.1) is 0 Å². The molecule has 4 rings (SSSR count). The Morgan fingerprint density at radius 3 is 2.68 bits per heavy atom. The van der Waals surface area contributed by atoms with Crippen LogP contribution in [-0.4, -0.2) is 64.5 Å². The predicted molar refractivity (Wildman–Crippen MR) is 126 cm³/mol. The summed E-state index contributed by atoms with van der Waals surface area (Å²) in [6.07, 6.45) is 0.857. The zero-order valence-electron chi connectivity index (χ0n) is 18.2. The number of fused-ring (bicyclic) bond motifs is 1. The fraction of sp³-hybridized carbons (Fsp3) is 0.435. The lowest BCUT2D eigenvalue weighted by molar-refractivity contribution is 0.174. The van der Waals surface area contributed by atoms with Crippen LogP contribution < -0.4 is 25.0 Å². The number of likely N-dealkylation sites (N-methyl/N-ethyl adjacent to an activating group) is 1. The van der Waals surface area contributed by atoms with E-state index in [1.165, 1.54) is 11.3 Å². The summed E-state index contributed by atoms with van der Waals surface area (Å²) in [4.78, 5) is 9.13. The molecule has 166 valence electrons. The molecule has 0 saturated carbocycles. The average Bonchev–Trinajstić information content (AvgIpc) is 3.25. The molecule has 0 radical (unpaired) electrons. The maximum atomic E-state index is 6.58. The number of rotatable bonds is 6. The van der Waals surface area contributed by atoms with Crippen LogP contribution in [0.15, 0.2) is 41.4 Å². The van der Waals surface area contributed by atoms with Crippen LogP contribution in [0, 0.1) is 0 Å². The van der Waals surface area contributed by atoms with Crippen LogP contribution >= 0.6 is 11.6 Å². The van der Waals surface area contributed by atoms with E-state index < -0.39 is 0 Å². The molecule has 0 aromatic heterocycles. The predicted octanol–water partition coefficient (Wildman–Crippen LogP) is 2.73. The lowest BCUT2D eigenvalue weighted by Crippen LogP contribution is -2.45. The van der Waals surface area contributed by atoms with Crippen molar-refractivity contribution in [3.05, 3.63) is 52.5 Å². The van der Waals surface area contributed by atoms with E-state index in [1.54, 1.807) is 7.05 Å². The van der Waals surface area contributed by atoms with Crippen molar-refractivity contribution in [2.24, 2.45) is 4.99 Å². The van der Waals surface area contributed by atoms with Crippen molar-refractivity contribution in [3.8, 4) is 11.5 Å². The lowest BCUT2D eigenvalue weighted by atomic mass is 10.1. The Morgan fingerprint density at radius 1 is 1.06 bits per heavy atom. The molecule has 2 heterocycles. The Kier molecular flexibility index (Phi) is 7.04. The first-order valence-electron chi connectivity index (χ1n) is 10.7. The SMILES string of the molecule is CN=C(NCCc1ccc2c(c1)OCO2)NCc1c(Cl)cccc1N1CCN(C)CC1. The molecule has 2 aromatic rings. The second kappa shape index (κ2) is 10.1. The molecule has 2 N–H and O–H groups in total. The van der Waals surface area contributed by atoms with Gasteiger partial charge in [-0.25, -0.2) is 0 Å². The molecule has 0 atom stereocenters. The van der Waals surface area contributed by atoms with Gasteiger partial charge in [-0.2, -0.15) is 0 Å². The second-order valence-corrected chi connectivity index (χ2v) is 8.23. The smallest absolute Gasteiger partial charge is 0.231 e. The van der Waals surface area contributed by atoms with Crippen LogP contribution in [-0.2, 0) is 13.0 Å². The number of benzene rings is 2. The standard InChI is InChI=1S/C23H30ClN5O2/c1-25-23(26-9-8-17-6-7-21-22(14-17)31-16-30-21)27-15-18-19(24)4-3-5-20(18)29-12-10-28(2)11-13-29/h3-7,14H,8-13,15-16H2,1-2H3,(H2,25,26,27). The maximum absolute atomic E-state index is 6.58. The van der Waals surface area contributed by atoms with E-state index in [4.69, 9.17) is 21.1 Å². The number of ether oxygens (including phenoxy) is 2. The molecule has 2 aromatic carbocycles. The van der Waals surface area contributed by atoms with Gasteiger partial charge in [-0.05, 0) is 43.3 Å². The fourth-order valence-electron chi connectivity index (χ4n) is 3.88. The molecule has 0 aliphatic carbocycles. The van der Waals surface area contributed by atoms with Crippen LogP contribution in [0.1, 0.15) is 11.1 Å². The third kappa shape index (κ3) is 5.35. The van der Waals surface area contributed by atoms with Crippen LogP contribution in [0.2, 0.25) is 5.02 Å². The minimum Gasteiger partial charge on any atom is -0.454 e. The van der Waals surface area contributed by atoms with Crippen molar-refractivity contribution in [3.63, 3.8) is 0 Å². The van der Waals surface area contributed by atoms with Crippen molar-refractivity contribution >= 4 is 23.2 Å². The van der Waals surface area contributed by atoms with Crippen molar-refractivity contribution in [2.75, 3.05) is 58.5 Å². The quantitative estimate of drug-likeness (QED) is 0.529. The number of guanidine groups is 1. The Balaban J connectivity index is 1.32. The largest absolute Gasteiger partial charge is 0.454 e. The van der Waals surface area contributed by atoms with Crippen LogP contribution in [0.3, 0.4) is 0 Å². The van der Waals surface area contributed by atoms with E-state index in [2.05, 4.69) is 44.6 Å². The molecule has 2 aliphatic heterocycles. The van der Waals surface area contributed by atoms with Crippen LogP contribution in [0.4, 0.5) is 5.69 Å². The molecule has 31 heavy (non-hydrogen) atoms. The van der Waals surface area contributed by atoms with Crippen LogP contribution in [0.25, 0.3) is 0 Å². The molecule has 1 saturated heterocycles. The summed E-state index contributed by atoms with van der Waals surface area (Å²) in [6, 6.07) is 12.2. The highest BCUT2D eigenvalue weighted by Gasteiger charge is 2.18. The van der Waals surface area contributed by atoms with E-state index in [0.717, 1.165) is 67.2 Å². The number of anilines is 1. The first kappa shape index (κ1) is 21.6. The number of piperazine rings is 1. The summed E-state index contributed by atoms with van der Waals surface area (Å²) in [5, 5.41) is 7.58.